The molecule has 3 aromatic heterocycles. The lowest BCUT2D eigenvalue weighted by Gasteiger charge is -2.10. The van der Waals surface area contributed by atoms with E-state index in [9.17, 15) is 9.59 Å². The SMILES string of the molecule is C=CCn1c(SCC(=O)Nc2scc(-c3cc(C)ccc3C)c2C(=O)OC)nnc1-c1csc(C)c1CC. The number of thiophene rings is 2. The Morgan fingerprint density at radius 2 is 1.89 bits per heavy atom. The summed E-state index contributed by atoms with van der Waals surface area (Å²) in [5, 5.41) is 16.8. The lowest BCUT2D eigenvalue weighted by atomic mass is 9.97. The average Bonchev–Trinajstić information content (AvgIpc) is 3.60. The number of hydrogen-bond donors (Lipinski definition) is 1. The third-order valence-corrected chi connectivity index (χ3v) is 8.99. The number of aromatic nitrogens is 3. The van der Waals surface area contributed by atoms with Crippen molar-refractivity contribution in [2.75, 3.05) is 18.2 Å². The zero-order valence-electron chi connectivity index (χ0n) is 22.1. The molecule has 7 nitrogen and oxygen atoms in total. The molecule has 0 aliphatic carbocycles. The van der Waals surface area contributed by atoms with Gasteiger partial charge in [-0.3, -0.25) is 9.36 Å². The van der Waals surface area contributed by atoms with Crippen LogP contribution in [0.25, 0.3) is 22.5 Å². The molecule has 0 saturated carbocycles. The van der Waals surface area contributed by atoms with Crippen molar-refractivity contribution in [3.63, 3.8) is 0 Å². The Balaban J connectivity index is 1.56. The molecule has 1 aromatic carbocycles. The van der Waals surface area contributed by atoms with Crippen LogP contribution in [0.1, 0.15) is 38.8 Å². The van der Waals surface area contributed by atoms with Crippen molar-refractivity contribution >= 4 is 51.3 Å². The third-order valence-electron chi connectivity index (χ3n) is 6.18. The lowest BCUT2D eigenvalue weighted by Crippen LogP contribution is -2.16. The van der Waals surface area contributed by atoms with Crippen LogP contribution in [-0.2, 0) is 22.5 Å². The number of amides is 1. The summed E-state index contributed by atoms with van der Waals surface area (Å²) in [5.41, 5.74) is 6.51. The van der Waals surface area contributed by atoms with Gasteiger partial charge in [-0.1, -0.05) is 48.5 Å². The summed E-state index contributed by atoms with van der Waals surface area (Å²) in [6.07, 6.45) is 2.70. The molecule has 10 heteroatoms. The van der Waals surface area contributed by atoms with Gasteiger partial charge in [0.1, 0.15) is 10.6 Å². The first-order valence-corrected chi connectivity index (χ1v) is 14.8. The minimum Gasteiger partial charge on any atom is -0.465 e. The highest BCUT2D eigenvalue weighted by Crippen LogP contribution is 2.38. The number of benzene rings is 1. The van der Waals surface area contributed by atoms with E-state index in [2.05, 4.69) is 41.3 Å². The number of nitrogens with zero attached hydrogens (tertiary/aromatic N) is 3. The molecule has 1 amide bonds. The standard InChI is InChI=1S/C28H30N4O3S3/c1-7-11-32-25(22-14-36-18(5)19(22)8-2)30-31-28(32)38-15-23(33)29-26-24(27(34)35-6)21(13-37-26)20-12-16(3)9-10-17(20)4/h7,9-10,12-14H,1,8,11,15H2,2-6H3,(H,29,33). The van der Waals surface area contributed by atoms with E-state index in [-0.39, 0.29) is 11.7 Å². The van der Waals surface area contributed by atoms with Gasteiger partial charge in [0.15, 0.2) is 11.0 Å². The molecule has 0 aliphatic heterocycles. The highest BCUT2D eigenvalue weighted by Gasteiger charge is 2.24. The molecule has 0 fully saturated rings. The Morgan fingerprint density at radius 1 is 1.13 bits per heavy atom. The van der Waals surface area contributed by atoms with Crippen LogP contribution < -0.4 is 5.32 Å². The number of thioether (sulfide) groups is 1. The number of hydrogen-bond acceptors (Lipinski definition) is 8. The van der Waals surface area contributed by atoms with Crippen LogP contribution in [0.2, 0.25) is 0 Å². The van der Waals surface area contributed by atoms with Crippen molar-refractivity contribution < 1.29 is 14.3 Å². The number of carbonyl (C=O) groups is 2. The van der Waals surface area contributed by atoms with Crippen molar-refractivity contribution in [1.82, 2.24) is 14.8 Å². The molecular formula is C28H30N4O3S3. The first-order chi connectivity index (χ1) is 18.3. The molecule has 3 heterocycles. The van der Waals surface area contributed by atoms with E-state index in [1.807, 2.05) is 42.0 Å². The maximum Gasteiger partial charge on any atom is 0.341 e. The van der Waals surface area contributed by atoms with E-state index in [0.717, 1.165) is 40.1 Å². The van der Waals surface area contributed by atoms with E-state index >= 15 is 0 Å². The second kappa shape index (κ2) is 12.1. The lowest BCUT2D eigenvalue weighted by molar-refractivity contribution is -0.113. The van der Waals surface area contributed by atoms with Gasteiger partial charge in [0, 0.05) is 33.3 Å². The van der Waals surface area contributed by atoms with Gasteiger partial charge in [0.25, 0.3) is 0 Å². The number of aryl methyl sites for hydroxylation is 3. The molecule has 0 saturated heterocycles. The number of ether oxygens (including phenoxy) is 1. The van der Waals surface area contributed by atoms with E-state index in [1.165, 1.54) is 40.6 Å². The largest absolute Gasteiger partial charge is 0.465 e. The fourth-order valence-electron chi connectivity index (χ4n) is 4.27. The van der Waals surface area contributed by atoms with E-state index < -0.39 is 5.97 Å². The van der Waals surface area contributed by atoms with Crippen LogP contribution >= 0.6 is 34.4 Å². The quantitative estimate of drug-likeness (QED) is 0.127. The summed E-state index contributed by atoms with van der Waals surface area (Å²) < 4.78 is 7.05. The zero-order valence-corrected chi connectivity index (χ0v) is 24.5. The number of carbonyl (C=O) groups excluding carboxylic acids is 2. The summed E-state index contributed by atoms with van der Waals surface area (Å²) >= 11 is 4.31. The Kier molecular flexibility index (Phi) is 8.86. The monoisotopic (exact) mass is 566 g/mol. The predicted molar refractivity (Wildman–Crippen MR) is 158 cm³/mol. The molecule has 198 valence electrons. The smallest absolute Gasteiger partial charge is 0.341 e. The summed E-state index contributed by atoms with van der Waals surface area (Å²) in [4.78, 5) is 27.0. The highest BCUT2D eigenvalue weighted by molar-refractivity contribution is 7.99. The topological polar surface area (TPSA) is 86.1 Å². The molecule has 1 N–H and O–H groups in total. The van der Waals surface area contributed by atoms with E-state index in [4.69, 9.17) is 4.74 Å². The van der Waals surface area contributed by atoms with Crippen LogP contribution in [0, 0.1) is 20.8 Å². The molecule has 0 radical (unpaired) electrons. The number of allylic oxidation sites excluding steroid dienone is 1. The number of rotatable bonds is 10. The maximum absolute atomic E-state index is 13.0. The van der Waals surface area contributed by atoms with Crippen molar-refractivity contribution in [1.29, 1.82) is 0 Å². The number of anilines is 1. The fraction of sp³-hybridized carbons (Fsp3) is 0.286. The van der Waals surface area contributed by atoms with E-state index in [1.54, 1.807) is 17.4 Å². The predicted octanol–water partition coefficient (Wildman–Crippen LogP) is 6.93. The van der Waals surface area contributed by atoms with Crippen LogP contribution in [0.15, 0.2) is 46.8 Å². The number of esters is 1. The van der Waals surface area contributed by atoms with Gasteiger partial charge in [-0.25, -0.2) is 4.79 Å². The first-order valence-electron chi connectivity index (χ1n) is 12.1. The summed E-state index contributed by atoms with van der Waals surface area (Å²) in [6.45, 7) is 12.7. The Labute approximate surface area is 235 Å². The second-order valence-corrected chi connectivity index (χ2v) is 11.6. The number of nitrogens with one attached hydrogen (secondary N) is 1. The molecule has 0 aliphatic rings. The van der Waals surface area contributed by atoms with Gasteiger partial charge in [-0.05, 0) is 43.9 Å². The Hall–Kier alpha value is -3.21. The van der Waals surface area contributed by atoms with Gasteiger partial charge >= 0.3 is 5.97 Å². The van der Waals surface area contributed by atoms with E-state index in [0.29, 0.717) is 22.3 Å². The second-order valence-electron chi connectivity index (χ2n) is 8.74. The fourth-order valence-corrected chi connectivity index (χ4v) is 6.92. The highest BCUT2D eigenvalue weighted by atomic mass is 32.2. The Morgan fingerprint density at radius 3 is 2.61 bits per heavy atom. The van der Waals surface area contributed by atoms with Gasteiger partial charge in [0.05, 0.1) is 12.9 Å². The van der Waals surface area contributed by atoms with Gasteiger partial charge in [-0.2, -0.15) is 0 Å². The van der Waals surface area contributed by atoms with Crippen LogP contribution in [-0.4, -0.2) is 39.5 Å². The van der Waals surface area contributed by atoms with Crippen LogP contribution in [0.5, 0.6) is 0 Å². The van der Waals surface area contributed by atoms with Crippen molar-refractivity contribution in [3.05, 3.63) is 68.7 Å². The van der Waals surface area contributed by atoms with Crippen molar-refractivity contribution in [2.45, 2.75) is 45.8 Å². The molecule has 0 atom stereocenters. The van der Waals surface area contributed by atoms with Gasteiger partial charge in [-0.15, -0.1) is 39.4 Å². The number of methoxy groups -OCH3 is 1. The molecule has 0 spiro atoms. The summed E-state index contributed by atoms with van der Waals surface area (Å²) in [5.74, 6) is 0.150. The normalized spacial score (nSPS) is 11.0. The Bertz CT molecular complexity index is 1500. The molecular weight excluding hydrogens is 537 g/mol. The molecule has 0 bridgehead atoms. The average molecular weight is 567 g/mol. The van der Waals surface area contributed by atoms with Crippen LogP contribution in [0.3, 0.4) is 0 Å². The zero-order chi connectivity index (χ0) is 27.4. The molecule has 4 aromatic rings. The molecule has 0 unspecified atom stereocenters. The summed E-state index contributed by atoms with van der Waals surface area (Å²) in [7, 11) is 1.34. The molecule has 38 heavy (non-hydrogen) atoms. The first kappa shape index (κ1) is 27.8. The third kappa shape index (κ3) is 5.62. The molecule has 4 rings (SSSR count). The van der Waals surface area contributed by atoms with Gasteiger partial charge < -0.3 is 10.1 Å². The van der Waals surface area contributed by atoms with Crippen molar-refractivity contribution in [2.24, 2.45) is 0 Å². The maximum atomic E-state index is 13.0. The van der Waals surface area contributed by atoms with Crippen molar-refractivity contribution in [3.8, 4) is 22.5 Å². The van der Waals surface area contributed by atoms with Crippen LogP contribution in [0.4, 0.5) is 5.00 Å². The van der Waals surface area contributed by atoms with Gasteiger partial charge in [0.2, 0.25) is 5.91 Å². The summed E-state index contributed by atoms with van der Waals surface area (Å²) in [6, 6.07) is 6.09. The minimum atomic E-state index is -0.488. The minimum absolute atomic E-state index is 0.107.